The second-order valence-corrected chi connectivity index (χ2v) is 8.83. The number of nitrogens with zero attached hydrogens (tertiary/aromatic N) is 2. The number of nitrogens with two attached hydrogens (primary N) is 1. The van der Waals surface area contributed by atoms with E-state index in [-0.39, 0.29) is 11.9 Å². The van der Waals surface area contributed by atoms with Crippen LogP contribution in [0.15, 0.2) is 36.9 Å². The van der Waals surface area contributed by atoms with Crippen molar-refractivity contribution < 1.29 is 9.53 Å². The van der Waals surface area contributed by atoms with Crippen LogP contribution in [-0.2, 0) is 4.79 Å². The number of nitrogens with one attached hydrogen (secondary N) is 2. The molecule has 2 saturated carbocycles. The lowest BCUT2D eigenvalue weighted by atomic mass is 9.86. The molecule has 2 aliphatic carbocycles. The SMILES string of the molecule is COc1cc(/C(N)=C/NC2C(=O)NC3CC2C2CCCC32)ccc1-n1cnc(C)c1. The summed E-state index contributed by atoms with van der Waals surface area (Å²) in [6, 6.07) is 6.01. The minimum absolute atomic E-state index is 0.109. The summed E-state index contributed by atoms with van der Waals surface area (Å²) in [5.74, 6) is 2.54. The minimum Gasteiger partial charge on any atom is -0.495 e. The van der Waals surface area contributed by atoms with E-state index >= 15 is 0 Å². The van der Waals surface area contributed by atoms with Crippen molar-refractivity contribution in [2.24, 2.45) is 23.5 Å². The zero-order chi connectivity index (χ0) is 20.8. The van der Waals surface area contributed by atoms with E-state index in [0.29, 0.717) is 35.2 Å². The number of carbonyl (C=O) groups is 1. The molecule has 158 valence electrons. The van der Waals surface area contributed by atoms with Crippen molar-refractivity contribution in [1.82, 2.24) is 20.2 Å². The summed E-state index contributed by atoms with van der Waals surface area (Å²) in [5.41, 5.74) is 9.64. The van der Waals surface area contributed by atoms with E-state index in [1.54, 1.807) is 19.6 Å². The molecule has 1 aromatic heterocycles. The first-order valence-electron chi connectivity index (χ1n) is 10.8. The van der Waals surface area contributed by atoms with Crippen LogP contribution in [0.3, 0.4) is 0 Å². The van der Waals surface area contributed by atoms with Crippen molar-refractivity contribution in [2.45, 2.75) is 44.7 Å². The van der Waals surface area contributed by atoms with Crippen molar-refractivity contribution in [3.8, 4) is 11.4 Å². The summed E-state index contributed by atoms with van der Waals surface area (Å²) in [5, 5.41) is 6.58. The lowest BCUT2D eigenvalue weighted by molar-refractivity contribution is -0.126. The van der Waals surface area contributed by atoms with Crippen LogP contribution in [0.2, 0.25) is 0 Å². The lowest BCUT2D eigenvalue weighted by Gasteiger charge is -2.31. The minimum atomic E-state index is -0.206. The van der Waals surface area contributed by atoms with Crippen LogP contribution in [-0.4, -0.2) is 34.7 Å². The monoisotopic (exact) mass is 407 g/mol. The van der Waals surface area contributed by atoms with Crippen molar-refractivity contribution >= 4 is 11.6 Å². The molecular formula is C23H29N5O2. The van der Waals surface area contributed by atoms with Gasteiger partial charge in [-0.15, -0.1) is 0 Å². The van der Waals surface area contributed by atoms with Gasteiger partial charge in [-0.3, -0.25) is 4.79 Å². The second-order valence-electron chi connectivity index (χ2n) is 8.83. The third kappa shape index (κ3) is 3.13. The van der Waals surface area contributed by atoms with Gasteiger partial charge in [-0.05, 0) is 56.1 Å². The molecule has 2 heterocycles. The van der Waals surface area contributed by atoms with E-state index in [9.17, 15) is 4.79 Å². The van der Waals surface area contributed by atoms with Gasteiger partial charge < -0.3 is 25.7 Å². The average Bonchev–Trinajstić information content (AvgIpc) is 3.45. The van der Waals surface area contributed by atoms with Crippen molar-refractivity contribution in [1.29, 1.82) is 0 Å². The van der Waals surface area contributed by atoms with E-state index in [1.165, 1.54) is 19.3 Å². The number of amides is 1. The van der Waals surface area contributed by atoms with Gasteiger partial charge in [0.05, 0.1) is 30.5 Å². The highest BCUT2D eigenvalue weighted by Crippen LogP contribution is 2.50. The van der Waals surface area contributed by atoms with E-state index in [2.05, 4.69) is 15.6 Å². The second kappa shape index (κ2) is 7.38. The van der Waals surface area contributed by atoms with Crippen LogP contribution >= 0.6 is 0 Å². The highest BCUT2D eigenvalue weighted by molar-refractivity contribution is 5.84. The van der Waals surface area contributed by atoms with E-state index in [1.807, 2.05) is 35.9 Å². The number of hydrogen-bond donors (Lipinski definition) is 3. The maximum absolute atomic E-state index is 12.7. The third-order valence-corrected chi connectivity index (χ3v) is 7.18. The first-order valence-corrected chi connectivity index (χ1v) is 10.8. The fraction of sp³-hybridized carbons (Fsp3) is 0.478. The first-order chi connectivity index (χ1) is 14.5. The third-order valence-electron chi connectivity index (χ3n) is 7.18. The van der Waals surface area contributed by atoms with Gasteiger partial charge in [0.25, 0.3) is 0 Å². The van der Waals surface area contributed by atoms with Gasteiger partial charge in [-0.1, -0.05) is 12.5 Å². The van der Waals surface area contributed by atoms with Gasteiger partial charge >= 0.3 is 0 Å². The normalized spacial score (nSPS) is 30.1. The summed E-state index contributed by atoms with van der Waals surface area (Å²) in [7, 11) is 1.64. The molecule has 1 aliphatic heterocycles. The summed E-state index contributed by atoms with van der Waals surface area (Å²) >= 11 is 0. The number of imidazole rings is 1. The molecule has 0 radical (unpaired) electrons. The average molecular weight is 408 g/mol. The number of methoxy groups -OCH3 is 1. The number of ether oxygens (including phenoxy) is 1. The molecule has 5 atom stereocenters. The lowest BCUT2D eigenvalue weighted by Crippen LogP contribution is -2.53. The van der Waals surface area contributed by atoms with E-state index in [0.717, 1.165) is 23.4 Å². The number of aryl methyl sites for hydroxylation is 1. The van der Waals surface area contributed by atoms with E-state index < -0.39 is 0 Å². The number of carbonyl (C=O) groups excluding carboxylic acids is 1. The smallest absolute Gasteiger partial charge is 0.243 e. The molecule has 7 heteroatoms. The van der Waals surface area contributed by atoms with Crippen LogP contribution in [0.25, 0.3) is 11.4 Å². The largest absolute Gasteiger partial charge is 0.495 e. The molecule has 7 nitrogen and oxygen atoms in total. The topological polar surface area (TPSA) is 94.2 Å². The molecule has 1 amide bonds. The molecule has 5 unspecified atom stereocenters. The van der Waals surface area contributed by atoms with E-state index in [4.69, 9.17) is 10.5 Å². The fourth-order valence-corrected chi connectivity index (χ4v) is 5.79. The molecule has 3 aliphatic rings. The number of aromatic nitrogens is 2. The maximum Gasteiger partial charge on any atom is 0.243 e. The van der Waals surface area contributed by atoms with Crippen LogP contribution < -0.4 is 21.1 Å². The molecule has 5 rings (SSSR count). The van der Waals surface area contributed by atoms with Crippen LogP contribution in [0.5, 0.6) is 5.75 Å². The molecule has 0 spiro atoms. The Morgan fingerprint density at radius 1 is 1.33 bits per heavy atom. The van der Waals surface area contributed by atoms with Gasteiger partial charge in [-0.2, -0.15) is 0 Å². The molecule has 1 aromatic carbocycles. The molecule has 1 saturated heterocycles. The molecular weight excluding hydrogens is 378 g/mol. The number of hydrogen-bond acceptors (Lipinski definition) is 5. The number of rotatable bonds is 5. The van der Waals surface area contributed by atoms with Crippen LogP contribution in [0, 0.1) is 24.7 Å². The summed E-state index contributed by atoms with van der Waals surface area (Å²) < 4.78 is 7.51. The molecule has 2 aromatic rings. The summed E-state index contributed by atoms with van der Waals surface area (Å²) in [6.07, 6.45) is 10.4. The molecule has 4 N–H and O–H groups in total. The first kappa shape index (κ1) is 19.0. The van der Waals surface area contributed by atoms with Gasteiger partial charge in [0, 0.05) is 24.0 Å². The predicted octanol–water partition coefficient (Wildman–Crippen LogP) is 2.34. The molecule has 30 heavy (non-hydrogen) atoms. The zero-order valence-electron chi connectivity index (χ0n) is 17.5. The van der Waals surface area contributed by atoms with Crippen LogP contribution in [0.4, 0.5) is 0 Å². The van der Waals surface area contributed by atoms with Crippen molar-refractivity contribution in [3.63, 3.8) is 0 Å². The summed E-state index contributed by atoms with van der Waals surface area (Å²) in [4.78, 5) is 16.9. The zero-order valence-corrected chi connectivity index (χ0v) is 17.5. The number of fused-ring (bicyclic) bond motifs is 5. The van der Waals surface area contributed by atoms with Crippen molar-refractivity contribution in [2.75, 3.05) is 7.11 Å². The predicted molar refractivity (Wildman–Crippen MR) is 115 cm³/mol. The Kier molecular flexibility index (Phi) is 4.68. The Morgan fingerprint density at radius 2 is 2.17 bits per heavy atom. The fourth-order valence-electron chi connectivity index (χ4n) is 5.79. The summed E-state index contributed by atoms with van der Waals surface area (Å²) in [6.45, 7) is 1.95. The van der Waals surface area contributed by atoms with Gasteiger partial charge in [-0.25, -0.2) is 4.98 Å². The highest BCUT2D eigenvalue weighted by atomic mass is 16.5. The highest BCUT2D eigenvalue weighted by Gasteiger charge is 2.53. The Labute approximate surface area is 176 Å². The quantitative estimate of drug-likeness (QED) is 0.707. The van der Waals surface area contributed by atoms with Gasteiger partial charge in [0.1, 0.15) is 11.8 Å². The van der Waals surface area contributed by atoms with Gasteiger partial charge in [0.15, 0.2) is 0 Å². The van der Waals surface area contributed by atoms with Crippen molar-refractivity contribution in [3.05, 3.63) is 48.2 Å². The molecule has 2 bridgehead atoms. The molecule has 3 fully saturated rings. The maximum atomic E-state index is 12.7. The number of benzene rings is 1. The standard InChI is InChI=1S/C23H29N5O2/c1-13-11-28(12-26-13)20-7-6-14(8-21(20)30-2)18(24)10-25-22-17-9-19(27-23(22)29)16-5-3-4-15(16)17/h6-8,10-12,15-17,19,22,25H,3-5,9,24H2,1-2H3,(H,27,29)/b18-10-. The van der Waals surface area contributed by atoms with Crippen LogP contribution in [0.1, 0.15) is 36.9 Å². The number of piperidine rings is 1. The van der Waals surface area contributed by atoms with Gasteiger partial charge in [0.2, 0.25) is 5.91 Å². The Balaban J connectivity index is 1.35. The Bertz CT molecular complexity index is 997. The Morgan fingerprint density at radius 3 is 2.93 bits per heavy atom. The Hall–Kier alpha value is -2.96.